The van der Waals surface area contributed by atoms with Crippen molar-refractivity contribution in [2.45, 2.75) is 33.6 Å². The standard InChI is InChI=1S/C15H24N2OS/c1-11-5-4-7-17(10-11)8-6-16-15(18)14-9-12(2)13(3)19-14/h9,11H,4-8,10H2,1-3H3,(H,16,18). The van der Waals surface area contributed by atoms with Crippen LogP contribution in [0.5, 0.6) is 0 Å². The van der Waals surface area contributed by atoms with Crippen LogP contribution >= 0.6 is 11.3 Å². The average Bonchev–Trinajstić information content (AvgIpc) is 2.70. The van der Waals surface area contributed by atoms with E-state index >= 15 is 0 Å². The summed E-state index contributed by atoms with van der Waals surface area (Å²) in [5.74, 6) is 0.873. The van der Waals surface area contributed by atoms with Gasteiger partial charge in [0.25, 0.3) is 5.91 Å². The minimum atomic E-state index is 0.0752. The molecule has 2 heterocycles. The van der Waals surface area contributed by atoms with Gasteiger partial charge in [0.1, 0.15) is 0 Å². The molecule has 0 spiro atoms. The fourth-order valence-electron chi connectivity index (χ4n) is 2.59. The zero-order chi connectivity index (χ0) is 13.8. The van der Waals surface area contributed by atoms with Crippen molar-refractivity contribution in [3.05, 3.63) is 21.4 Å². The van der Waals surface area contributed by atoms with Gasteiger partial charge < -0.3 is 10.2 Å². The molecule has 2 rings (SSSR count). The number of thiophene rings is 1. The molecule has 1 saturated heterocycles. The average molecular weight is 280 g/mol. The van der Waals surface area contributed by atoms with Crippen molar-refractivity contribution >= 4 is 17.2 Å². The van der Waals surface area contributed by atoms with E-state index in [4.69, 9.17) is 0 Å². The number of carbonyl (C=O) groups excluding carboxylic acids is 1. The number of nitrogens with zero attached hydrogens (tertiary/aromatic N) is 1. The molecule has 19 heavy (non-hydrogen) atoms. The summed E-state index contributed by atoms with van der Waals surface area (Å²) in [7, 11) is 0. The van der Waals surface area contributed by atoms with Crippen LogP contribution in [0.1, 0.15) is 39.9 Å². The molecule has 1 aromatic heterocycles. The third-order valence-corrected chi connectivity index (χ3v) is 5.00. The molecule has 4 heteroatoms. The maximum absolute atomic E-state index is 12.0. The van der Waals surface area contributed by atoms with Crippen LogP contribution in [0.2, 0.25) is 0 Å². The van der Waals surface area contributed by atoms with Crippen molar-refractivity contribution in [2.75, 3.05) is 26.2 Å². The minimum Gasteiger partial charge on any atom is -0.350 e. The molecule has 0 bridgehead atoms. The van der Waals surface area contributed by atoms with Crippen LogP contribution in [0.15, 0.2) is 6.07 Å². The maximum Gasteiger partial charge on any atom is 0.261 e. The van der Waals surface area contributed by atoms with Gasteiger partial charge in [-0.05, 0) is 50.8 Å². The predicted molar refractivity (Wildman–Crippen MR) is 81.0 cm³/mol. The van der Waals surface area contributed by atoms with Crippen molar-refractivity contribution in [2.24, 2.45) is 5.92 Å². The topological polar surface area (TPSA) is 32.3 Å². The summed E-state index contributed by atoms with van der Waals surface area (Å²) in [4.78, 5) is 16.5. The number of piperidine rings is 1. The van der Waals surface area contributed by atoms with E-state index in [1.807, 2.05) is 6.07 Å². The monoisotopic (exact) mass is 280 g/mol. The Kier molecular flexibility index (Phi) is 4.99. The number of rotatable bonds is 4. The molecule has 0 radical (unpaired) electrons. The summed E-state index contributed by atoms with van der Waals surface area (Å²) >= 11 is 1.58. The van der Waals surface area contributed by atoms with Crippen molar-refractivity contribution in [3.63, 3.8) is 0 Å². The Morgan fingerprint density at radius 1 is 1.53 bits per heavy atom. The first-order chi connectivity index (χ1) is 9.06. The molecular weight excluding hydrogens is 256 g/mol. The number of likely N-dealkylation sites (tertiary alicyclic amines) is 1. The third-order valence-electron chi connectivity index (χ3n) is 3.84. The van der Waals surface area contributed by atoms with Crippen LogP contribution in [-0.4, -0.2) is 37.0 Å². The maximum atomic E-state index is 12.0. The van der Waals surface area contributed by atoms with Crippen LogP contribution in [0.25, 0.3) is 0 Å². The van der Waals surface area contributed by atoms with E-state index in [0.717, 1.165) is 23.9 Å². The lowest BCUT2D eigenvalue weighted by Gasteiger charge is -2.30. The molecule has 1 unspecified atom stereocenters. The van der Waals surface area contributed by atoms with Gasteiger partial charge in [-0.25, -0.2) is 0 Å². The Morgan fingerprint density at radius 2 is 2.32 bits per heavy atom. The van der Waals surface area contributed by atoms with E-state index < -0.39 is 0 Å². The van der Waals surface area contributed by atoms with Crippen LogP contribution in [0, 0.1) is 19.8 Å². The van der Waals surface area contributed by atoms with Gasteiger partial charge in [-0.2, -0.15) is 0 Å². The zero-order valence-corrected chi connectivity index (χ0v) is 13.0. The fraction of sp³-hybridized carbons (Fsp3) is 0.667. The van der Waals surface area contributed by atoms with Gasteiger partial charge in [0.05, 0.1) is 4.88 Å². The highest BCUT2D eigenvalue weighted by atomic mass is 32.1. The van der Waals surface area contributed by atoms with Gasteiger partial charge in [-0.15, -0.1) is 11.3 Å². The Bertz CT molecular complexity index is 422. The molecule has 1 aliphatic heterocycles. The van der Waals surface area contributed by atoms with E-state index in [-0.39, 0.29) is 5.91 Å². The first-order valence-corrected chi connectivity index (χ1v) is 7.95. The lowest BCUT2D eigenvalue weighted by atomic mass is 10.0. The second-order valence-corrected chi connectivity index (χ2v) is 6.91. The Labute approximate surface area is 120 Å². The van der Waals surface area contributed by atoms with Crippen molar-refractivity contribution in [3.8, 4) is 0 Å². The van der Waals surface area contributed by atoms with Gasteiger partial charge in [0, 0.05) is 24.5 Å². The number of hydrogen-bond donors (Lipinski definition) is 1. The predicted octanol–water partition coefficient (Wildman–Crippen LogP) is 2.83. The number of amides is 1. The van der Waals surface area contributed by atoms with E-state index in [1.54, 1.807) is 11.3 Å². The summed E-state index contributed by atoms with van der Waals surface area (Å²) in [6, 6.07) is 1.98. The summed E-state index contributed by atoms with van der Waals surface area (Å²) < 4.78 is 0. The summed E-state index contributed by atoms with van der Waals surface area (Å²) in [5.41, 5.74) is 1.21. The highest BCUT2D eigenvalue weighted by molar-refractivity contribution is 7.14. The quantitative estimate of drug-likeness (QED) is 0.920. The Hall–Kier alpha value is -0.870. The Morgan fingerprint density at radius 3 is 2.95 bits per heavy atom. The number of aryl methyl sites for hydroxylation is 2. The number of carbonyl (C=O) groups is 1. The molecule has 1 N–H and O–H groups in total. The minimum absolute atomic E-state index is 0.0752. The molecular formula is C15H24N2OS. The fourth-order valence-corrected chi connectivity index (χ4v) is 3.54. The lowest BCUT2D eigenvalue weighted by molar-refractivity contribution is 0.0948. The third kappa shape index (κ3) is 4.05. The van der Waals surface area contributed by atoms with Gasteiger partial charge in [-0.1, -0.05) is 6.92 Å². The second kappa shape index (κ2) is 6.53. The summed E-state index contributed by atoms with van der Waals surface area (Å²) in [6.45, 7) is 10.5. The van der Waals surface area contributed by atoms with Gasteiger partial charge in [0.2, 0.25) is 0 Å². The smallest absolute Gasteiger partial charge is 0.261 e. The van der Waals surface area contributed by atoms with E-state index in [1.165, 1.54) is 36.4 Å². The van der Waals surface area contributed by atoms with E-state index in [2.05, 4.69) is 31.0 Å². The molecule has 0 aromatic carbocycles. The lowest BCUT2D eigenvalue weighted by Crippen LogP contribution is -2.40. The van der Waals surface area contributed by atoms with Crippen molar-refractivity contribution in [1.82, 2.24) is 10.2 Å². The first kappa shape index (κ1) is 14.5. The highest BCUT2D eigenvalue weighted by Gasteiger charge is 2.16. The van der Waals surface area contributed by atoms with E-state index in [0.29, 0.717) is 0 Å². The molecule has 1 atom stereocenters. The van der Waals surface area contributed by atoms with Gasteiger partial charge >= 0.3 is 0 Å². The molecule has 1 aliphatic rings. The zero-order valence-electron chi connectivity index (χ0n) is 12.2. The van der Waals surface area contributed by atoms with Crippen LogP contribution in [0.4, 0.5) is 0 Å². The van der Waals surface area contributed by atoms with Crippen LogP contribution in [-0.2, 0) is 0 Å². The summed E-state index contributed by atoms with van der Waals surface area (Å²) in [5, 5.41) is 3.03. The first-order valence-electron chi connectivity index (χ1n) is 7.14. The molecule has 1 fully saturated rings. The van der Waals surface area contributed by atoms with Crippen LogP contribution in [0.3, 0.4) is 0 Å². The normalized spacial score (nSPS) is 20.5. The number of nitrogens with one attached hydrogen (secondary N) is 1. The number of hydrogen-bond acceptors (Lipinski definition) is 3. The highest BCUT2D eigenvalue weighted by Crippen LogP contribution is 2.20. The van der Waals surface area contributed by atoms with Crippen molar-refractivity contribution < 1.29 is 4.79 Å². The molecule has 106 valence electrons. The molecule has 1 amide bonds. The Balaban J connectivity index is 1.74. The SMILES string of the molecule is Cc1cc(C(=O)NCCN2CCCC(C)C2)sc1C. The van der Waals surface area contributed by atoms with Crippen LogP contribution < -0.4 is 5.32 Å². The largest absolute Gasteiger partial charge is 0.350 e. The molecule has 0 saturated carbocycles. The van der Waals surface area contributed by atoms with Gasteiger partial charge in [-0.3, -0.25) is 4.79 Å². The molecule has 1 aromatic rings. The second-order valence-electron chi connectivity index (χ2n) is 5.65. The van der Waals surface area contributed by atoms with E-state index in [9.17, 15) is 4.79 Å². The van der Waals surface area contributed by atoms with Gasteiger partial charge in [0.15, 0.2) is 0 Å². The molecule has 0 aliphatic carbocycles. The molecule has 3 nitrogen and oxygen atoms in total. The summed E-state index contributed by atoms with van der Waals surface area (Å²) in [6.07, 6.45) is 2.63. The van der Waals surface area contributed by atoms with Crippen molar-refractivity contribution in [1.29, 1.82) is 0 Å².